The van der Waals surface area contributed by atoms with Gasteiger partial charge >= 0.3 is 0 Å². The fraction of sp³-hybridized carbons (Fsp3) is 0.190. The quantitative estimate of drug-likeness (QED) is 0.662. The molecule has 1 saturated carbocycles. The Labute approximate surface area is 162 Å². The lowest BCUT2D eigenvalue weighted by Crippen LogP contribution is -2.26. The van der Waals surface area contributed by atoms with Crippen molar-refractivity contribution < 1.29 is 9.53 Å². The highest BCUT2D eigenvalue weighted by Gasteiger charge is 2.49. The Hall–Kier alpha value is -2.92. The normalized spacial score (nSPS) is 14.4. The summed E-state index contributed by atoms with van der Waals surface area (Å²) in [5.41, 5.74) is 1.27. The molecule has 1 amide bonds. The molecule has 27 heavy (non-hydrogen) atoms. The number of hydrogen-bond acceptors (Lipinski definition) is 4. The van der Waals surface area contributed by atoms with Gasteiger partial charge in [-0.05, 0) is 49.1 Å². The number of ether oxygens (including phenoxy) is 1. The van der Waals surface area contributed by atoms with Gasteiger partial charge in [-0.15, -0.1) is 0 Å². The Morgan fingerprint density at radius 1 is 1.11 bits per heavy atom. The van der Waals surface area contributed by atoms with Crippen LogP contribution in [0, 0.1) is 5.41 Å². The first-order valence-electron chi connectivity index (χ1n) is 8.73. The highest BCUT2D eigenvalue weighted by Crippen LogP contribution is 2.50. The van der Waals surface area contributed by atoms with Crippen molar-refractivity contribution in [2.75, 3.05) is 5.32 Å². The number of halogens is 1. The van der Waals surface area contributed by atoms with E-state index in [1.54, 1.807) is 42.9 Å². The lowest BCUT2D eigenvalue weighted by molar-refractivity contribution is -0.121. The van der Waals surface area contributed by atoms with Crippen molar-refractivity contribution >= 4 is 23.2 Å². The van der Waals surface area contributed by atoms with Crippen LogP contribution in [0.4, 0.5) is 5.69 Å². The Morgan fingerprint density at radius 2 is 1.96 bits per heavy atom. The maximum Gasteiger partial charge on any atom is 0.230 e. The first kappa shape index (κ1) is 17.5. The van der Waals surface area contributed by atoms with Crippen LogP contribution in [-0.2, 0) is 11.2 Å². The Kier molecular flexibility index (Phi) is 4.77. The molecule has 4 rings (SSSR count). The summed E-state index contributed by atoms with van der Waals surface area (Å²) in [6, 6.07) is 14.8. The predicted molar refractivity (Wildman–Crippen MR) is 104 cm³/mol. The summed E-state index contributed by atoms with van der Waals surface area (Å²) in [7, 11) is 0. The van der Waals surface area contributed by atoms with Crippen LogP contribution in [-0.4, -0.2) is 15.9 Å². The van der Waals surface area contributed by atoms with Gasteiger partial charge in [-0.2, -0.15) is 0 Å². The van der Waals surface area contributed by atoms with E-state index in [1.165, 1.54) is 0 Å². The minimum Gasteiger partial charge on any atom is -0.437 e. The van der Waals surface area contributed by atoms with Gasteiger partial charge in [0.25, 0.3) is 0 Å². The summed E-state index contributed by atoms with van der Waals surface area (Å²) in [5, 5.41) is 3.67. The molecule has 2 heterocycles. The molecule has 0 radical (unpaired) electrons. The van der Waals surface area contributed by atoms with E-state index in [9.17, 15) is 4.79 Å². The van der Waals surface area contributed by atoms with Crippen molar-refractivity contribution in [3.63, 3.8) is 0 Å². The molecule has 0 atom stereocenters. The lowest BCUT2D eigenvalue weighted by atomic mass is 9.95. The van der Waals surface area contributed by atoms with E-state index >= 15 is 0 Å². The van der Waals surface area contributed by atoms with E-state index < -0.39 is 0 Å². The van der Waals surface area contributed by atoms with Crippen molar-refractivity contribution in [2.45, 2.75) is 19.3 Å². The van der Waals surface area contributed by atoms with E-state index in [2.05, 4.69) is 15.3 Å². The number of pyridine rings is 2. The number of carbonyl (C=O) groups is 1. The van der Waals surface area contributed by atoms with E-state index in [0.717, 1.165) is 18.4 Å². The van der Waals surface area contributed by atoms with Crippen LogP contribution in [0.15, 0.2) is 67.1 Å². The van der Waals surface area contributed by atoms with Gasteiger partial charge in [0.05, 0.1) is 23.5 Å². The lowest BCUT2D eigenvalue weighted by Gasteiger charge is -2.16. The maximum atomic E-state index is 12.8. The Bertz CT molecular complexity index is 941. The predicted octanol–water partition coefficient (Wildman–Crippen LogP) is 4.88. The average Bonchev–Trinajstić information content (AvgIpc) is 3.47. The molecular weight excluding hydrogens is 362 g/mol. The standard InChI is InChI=1S/C21H18ClN3O2/c22-18-6-2-1-4-15(18)12-21(9-10-21)20(26)25-16-7-8-19(24-13-16)27-17-5-3-11-23-14-17/h1-8,11,13-14H,9-10,12H2,(H,25,26). The highest BCUT2D eigenvalue weighted by atomic mass is 35.5. The minimum atomic E-state index is -0.379. The van der Waals surface area contributed by atoms with Crippen LogP contribution in [0.25, 0.3) is 0 Å². The molecule has 0 unspecified atom stereocenters. The van der Waals surface area contributed by atoms with E-state index in [0.29, 0.717) is 28.8 Å². The molecule has 0 saturated heterocycles. The summed E-state index contributed by atoms with van der Waals surface area (Å²) in [6.07, 6.45) is 7.25. The fourth-order valence-electron chi connectivity index (χ4n) is 2.95. The van der Waals surface area contributed by atoms with E-state index in [-0.39, 0.29) is 11.3 Å². The van der Waals surface area contributed by atoms with Crippen molar-refractivity contribution in [3.8, 4) is 11.6 Å². The van der Waals surface area contributed by atoms with Gasteiger partial charge in [0, 0.05) is 17.3 Å². The van der Waals surface area contributed by atoms with Gasteiger partial charge in [-0.25, -0.2) is 4.98 Å². The molecule has 136 valence electrons. The molecule has 2 aromatic heterocycles. The Morgan fingerprint density at radius 3 is 2.63 bits per heavy atom. The number of benzene rings is 1. The zero-order chi connectivity index (χ0) is 18.7. The van der Waals surface area contributed by atoms with Crippen LogP contribution in [0.1, 0.15) is 18.4 Å². The highest BCUT2D eigenvalue weighted by molar-refractivity contribution is 6.31. The second kappa shape index (κ2) is 7.37. The molecule has 3 aromatic rings. The van der Waals surface area contributed by atoms with E-state index in [4.69, 9.17) is 16.3 Å². The van der Waals surface area contributed by atoms with Crippen molar-refractivity contribution in [1.82, 2.24) is 9.97 Å². The third-order valence-corrected chi connectivity index (χ3v) is 5.04. The third-order valence-electron chi connectivity index (χ3n) is 4.67. The largest absolute Gasteiger partial charge is 0.437 e. The molecule has 1 fully saturated rings. The number of anilines is 1. The van der Waals surface area contributed by atoms with Crippen LogP contribution in [0.5, 0.6) is 11.6 Å². The summed E-state index contributed by atoms with van der Waals surface area (Å²) >= 11 is 6.25. The first-order valence-corrected chi connectivity index (χ1v) is 9.11. The molecule has 1 N–H and O–H groups in total. The van der Waals surface area contributed by atoms with Crippen LogP contribution in [0.3, 0.4) is 0 Å². The monoisotopic (exact) mass is 379 g/mol. The van der Waals surface area contributed by atoms with Crippen LogP contribution in [0.2, 0.25) is 5.02 Å². The molecule has 0 spiro atoms. The number of hydrogen-bond donors (Lipinski definition) is 1. The molecule has 6 heteroatoms. The van der Waals surface area contributed by atoms with Gasteiger partial charge in [-0.3, -0.25) is 9.78 Å². The van der Waals surface area contributed by atoms with Gasteiger partial charge in [-0.1, -0.05) is 29.8 Å². The zero-order valence-corrected chi connectivity index (χ0v) is 15.3. The molecule has 1 aliphatic rings. The summed E-state index contributed by atoms with van der Waals surface area (Å²) in [6.45, 7) is 0. The molecule has 1 aromatic carbocycles. The molecule has 0 aliphatic heterocycles. The smallest absolute Gasteiger partial charge is 0.230 e. The molecule has 1 aliphatic carbocycles. The molecular formula is C21H18ClN3O2. The number of carbonyl (C=O) groups excluding carboxylic acids is 1. The summed E-state index contributed by atoms with van der Waals surface area (Å²) in [4.78, 5) is 21.0. The second-order valence-corrected chi connectivity index (χ2v) is 7.09. The van der Waals surface area contributed by atoms with Crippen LogP contribution < -0.4 is 10.1 Å². The number of nitrogens with one attached hydrogen (secondary N) is 1. The maximum absolute atomic E-state index is 12.8. The van der Waals surface area contributed by atoms with E-state index in [1.807, 2.05) is 24.3 Å². The molecule has 0 bridgehead atoms. The number of amides is 1. The average molecular weight is 380 g/mol. The SMILES string of the molecule is O=C(Nc1ccc(Oc2cccnc2)nc1)C1(Cc2ccccc2Cl)CC1. The molecule has 5 nitrogen and oxygen atoms in total. The Balaban J connectivity index is 1.40. The zero-order valence-electron chi connectivity index (χ0n) is 14.6. The number of nitrogens with zero attached hydrogens (tertiary/aromatic N) is 2. The first-order chi connectivity index (χ1) is 13.1. The number of rotatable bonds is 6. The van der Waals surface area contributed by atoms with Crippen LogP contribution >= 0.6 is 11.6 Å². The van der Waals surface area contributed by atoms with Gasteiger partial charge < -0.3 is 10.1 Å². The van der Waals surface area contributed by atoms with Crippen molar-refractivity contribution in [2.24, 2.45) is 5.41 Å². The topological polar surface area (TPSA) is 64.1 Å². The summed E-state index contributed by atoms with van der Waals surface area (Å²) < 4.78 is 5.61. The van der Waals surface area contributed by atoms with Gasteiger partial charge in [0.2, 0.25) is 11.8 Å². The second-order valence-electron chi connectivity index (χ2n) is 6.68. The minimum absolute atomic E-state index is 0.00477. The summed E-state index contributed by atoms with van der Waals surface area (Å²) in [5.74, 6) is 1.06. The third kappa shape index (κ3) is 4.09. The van der Waals surface area contributed by atoms with Gasteiger partial charge in [0.15, 0.2) is 0 Å². The van der Waals surface area contributed by atoms with Crippen molar-refractivity contribution in [1.29, 1.82) is 0 Å². The van der Waals surface area contributed by atoms with Crippen molar-refractivity contribution in [3.05, 3.63) is 77.7 Å². The fourth-order valence-corrected chi connectivity index (χ4v) is 3.15. The van der Waals surface area contributed by atoms with Gasteiger partial charge in [0.1, 0.15) is 5.75 Å². The number of aromatic nitrogens is 2.